The normalized spacial score (nSPS) is 11.0. The van der Waals surface area contributed by atoms with E-state index in [0.717, 1.165) is 15.6 Å². The van der Waals surface area contributed by atoms with E-state index in [4.69, 9.17) is 21.1 Å². The van der Waals surface area contributed by atoms with Crippen LogP contribution in [0.3, 0.4) is 0 Å². The van der Waals surface area contributed by atoms with Gasteiger partial charge in [-0.1, -0.05) is 71.8 Å². The van der Waals surface area contributed by atoms with Crippen LogP contribution in [0.25, 0.3) is 10.1 Å². The molecular formula is C31H23ClN2O4S. The number of amides is 1. The molecule has 0 saturated heterocycles. The van der Waals surface area contributed by atoms with Crippen LogP contribution in [-0.2, 0) is 6.61 Å². The van der Waals surface area contributed by atoms with Crippen LogP contribution < -0.4 is 14.9 Å². The molecule has 39 heavy (non-hydrogen) atoms. The summed E-state index contributed by atoms with van der Waals surface area (Å²) in [6.45, 7) is 2.49. The lowest BCUT2D eigenvalue weighted by Gasteiger charge is -2.07. The molecule has 8 heteroatoms. The molecule has 0 aliphatic carbocycles. The van der Waals surface area contributed by atoms with Crippen LogP contribution in [0.15, 0.2) is 102 Å². The van der Waals surface area contributed by atoms with Gasteiger partial charge < -0.3 is 9.47 Å². The van der Waals surface area contributed by atoms with Gasteiger partial charge in [-0.25, -0.2) is 10.2 Å². The third-order valence-electron chi connectivity index (χ3n) is 5.81. The summed E-state index contributed by atoms with van der Waals surface area (Å²) in [7, 11) is 0. The van der Waals surface area contributed by atoms with Crippen LogP contribution in [0.4, 0.5) is 0 Å². The van der Waals surface area contributed by atoms with Crippen molar-refractivity contribution in [2.45, 2.75) is 13.5 Å². The van der Waals surface area contributed by atoms with Crippen LogP contribution in [0, 0.1) is 6.92 Å². The van der Waals surface area contributed by atoms with Gasteiger partial charge in [-0.15, -0.1) is 11.3 Å². The minimum Gasteiger partial charge on any atom is -0.489 e. The topological polar surface area (TPSA) is 77.0 Å². The molecule has 0 fully saturated rings. The average molecular weight is 555 g/mol. The molecule has 194 valence electrons. The molecule has 0 radical (unpaired) electrons. The monoisotopic (exact) mass is 554 g/mol. The van der Waals surface area contributed by atoms with E-state index in [1.54, 1.807) is 48.5 Å². The maximum atomic E-state index is 12.7. The number of halogens is 1. The first-order chi connectivity index (χ1) is 19.0. The van der Waals surface area contributed by atoms with Crippen LogP contribution in [-0.4, -0.2) is 18.1 Å². The Morgan fingerprint density at radius 1 is 0.923 bits per heavy atom. The summed E-state index contributed by atoms with van der Waals surface area (Å²) in [4.78, 5) is 25.6. The Labute approximate surface area is 234 Å². The molecule has 0 aliphatic rings. The predicted octanol–water partition coefficient (Wildman–Crippen LogP) is 7.43. The number of hydrazone groups is 1. The minimum atomic E-state index is -0.533. The van der Waals surface area contributed by atoms with Gasteiger partial charge in [-0.05, 0) is 60.5 Å². The lowest BCUT2D eigenvalue weighted by molar-refractivity contribution is 0.0739. The van der Waals surface area contributed by atoms with Crippen molar-refractivity contribution >= 4 is 51.1 Å². The Kier molecular flexibility index (Phi) is 8.01. The summed E-state index contributed by atoms with van der Waals surface area (Å²) in [5, 5.41) is 5.23. The second-order valence-electron chi connectivity index (χ2n) is 8.70. The van der Waals surface area contributed by atoms with E-state index in [1.807, 2.05) is 55.5 Å². The molecule has 1 aromatic heterocycles. The molecule has 0 bridgehead atoms. The third kappa shape index (κ3) is 6.52. The van der Waals surface area contributed by atoms with Gasteiger partial charge in [0.05, 0.1) is 11.2 Å². The number of benzene rings is 4. The number of fused-ring (bicyclic) bond motifs is 1. The maximum Gasteiger partial charge on any atom is 0.355 e. The zero-order valence-electron chi connectivity index (χ0n) is 20.9. The number of nitrogens with one attached hydrogen (secondary N) is 1. The number of carbonyl (C=O) groups excluding carboxylic acids is 2. The third-order valence-corrected chi connectivity index (χ3v) is 7.47. The van der Waals surface area contributed by atoms with Gasteiger partial charge in [0.1, 0.15) is 23.0 Å². The van der Waals surface area contributed by atoms with Crippen LogP contribution in [0.5, 0.6) is 11.5 Å². The molecule has 1 heterocycles. The highest BCUT2D eigenvalue weighted by molar-refractivity contribution is 7.21. The van der Waals surface area contributed by atoms with Crippen molar-refractivity contribution in [3.8, 4) is 11.5 Å². The second-order valence-corrected chi connectivity index (χ2v) is 10.1. The molecule has 0 aliphatic heterocycles. The van der Waals surface area contributed by atoms with Crippen molar-refractivity contribution in [3.05, 3.63) is 129 Å². The number of nitrogens with zero attached hydrogens (tertiary/aromatic N) is 1. The van der Waals surface area contributed by atoms with Crippen molar-refractivity contribution in [1.82, 2.24) is 5.43 Å². The SMILES string of the molecule is Cc1ccc(COc2ccc(C(=O)NN=Cc3cccc(OC(=O)c4sc5ccccc5c4Cl)c3)cc2)cc1. The van der Waals surface area contributed by atoms with Gasteiger partial charge in [-0.2, -0.15) is 5.10 Å². The summed E-state index contributed by atoms with van der Waals surface area (Å²) in [5.41, 5.74) is 5.85. The fourth-order valence-corrected chi connectivity index (χ4v) is 5.13. The average Bonchev–Trinajstić information content (AvgIpc) is 3.30. The molecular weight excluding hydrogens is 532 g/mol. The molecule has 1 N–H and O–H groups in total. The van der Waals surface area contributed by atoms with E-state index in [2.05, 4.69) is 10.5 Å². The number of carbonyl (C=O) groups is 2. The van der Waals surface area contributed by atoms with Crippen LogP contribution in [0.2, 0.25) is 5.02 Å². The standard InChI is InChI=1S/C31H23ClN2O4S/c1-20-9-11-21(12-10-20)19-37-24-15-13-23(14-16-24)30(35)34-33-18-22-5-4-6-25(17-22)38-31(36)29-28(32)26-7-2-3-8-27(26)39-29/h2-18H,19H2,1H3,(H,34,35). The molecule has 0 spiro atoms. The molecule has 6 nitrogen and oxygen atoms in total. The maximum absolute atomic E-state index is 12.7. The van der Waals surface area contributed by atoms with Crippen molar-refractivity contribution in [3.63, 3.8) is 0 Å². The van der Waals surface area contributed by atoms with E-state index >= 15 is 0 Å². The fraction of sp³-hybridized carbons (Fsp3) is 0.0645. The number of thiophene rings is 1. The molecule has 5 aromatic rings. The largest absolute Gasteiger partial charge is 0.489 e. The van der Waals surface area contributed by atoms with Gasteiger partial charge in [0, 0.05) is 15.6 Å². The predicted molar refractivity (Wildman–Crippen MR) is 155 cm³/mol. The van der Waals surface area contributed by atoms with Crippen molar-refractivity contribution < 1.29 is 19.1 Å². The number of hydrogen-bond donors (Lipinski definition) is 1. The van der Waals surface area contributed by atoms with E-state index in [0.29, 0.717) is 39.1 Å². The fourth-order valence-electron chi connectivity index (χ4n) is 3.74. The highest BCUT2D eigenvalue weighted by Gasteiger charge is 2.19. The second kappa shape index (κ2) is 11.9. The van der Waals surface area contributed by atoms with Gasteiger partial charge in [0.25, 0.3) is 5.91 Å². The Hall–Kier alpha value is -4.46. The number of rotatable bonds is 8. The summed E-state index contributed by atoms with van der Waals surface area (Å²) in [6.07, 6.45) is 1.47. The van der Waals surface area contributed by atoms with Crippen molar-refractivity contribution in [2.75, 3.05) is 0 Å². The van der Waals surface area contributed by atoms with E-state index < -0.39 is 5.97 Å². The summed E-state index contributed by atoms with van der Waals surface area (Å²) >= 11 is 7.68. The lowest BCUT2D eigenvalue weighted by Crippen LogP contribution is -2.17. The highest BCUT2D eigenvalue weighted by atomic mass is 35.5. The zero-order valence-corrected chi connectivity index (χ0v) is 22.5. The Bertz CT molecular complexity index is 1660. The molecule has 4 aromatic carbocycles. The van der Waals surface area contributed by atoms with Crippen molar-refractivity contribution in [1.29, 1.82) is 0 Å². The first-order valence-electron chi connectivity index (χ1n) is 12.1. The first-order valence-corrected chi connectivity index (χ1v) is 13.3. The molecule has 1 amide bonds. The lowest BCUT2D eigenvalue weighted by atomic mass is 10.2. The Balaban J connectivity index is 1.15. The number of ether oxygens (including phenoxy) is 2. The van der Waals surface area contributed by atoms with Gasteiger partial charge >= 0.3 is 5.97 Å². The minimum absolute atomic E-state index is 0.338. The van der Waals surface area contributed by atoms with Gasteiger partial charge in [0.2, 0.25) is 0 Å². The van der Waals surface area contributed by atoms with Crippen LogP contribution in [0.1, 0.15) is 36.7 Å². The Morgan fingerprint density at radius 2 is 1.69 bits per heavy atom. The molecule has 0 saturated carbocycles. The molecule has 0 unspecified atom stereocenters. The molecule has 5 rings (SSSR count). The van der Waals surface area contributed by atoms with Crippen LogP contribution >= 0.6 is 22.9 Å². The Morgan fingerprint density at radius 3 is 2.46 bits per heavy atom. The quantitative estimate of drug-likeness (QED) is 0.0936. The highest BCUT2D eigenvalue weighted by Crippen LogP contribution is 2.35. The van der Waals surface area contributed by atoms with Gasteiger partial charge in [-0.3, -0.25) is 4.79 Å². The molecule has 0 atom stereocenters. The van der Waals surface area contributed by atoms with E-state index in [-0.39, 0.29) is 5.91 Å². The summed E-state index contributed by atoms with van der Waals surface area (Å²) in [5.74, 6) is 0.108. The van der Waals surface area contributed by atoms with E-state index in [1.165, 1.54) is 23.1 Å². The summed E-state index contributed by atoms with van der Waals surface area (Å²) in [6, 6.07) is 29.3. The van der Waals surface area contributed by atoms with Gasteiger partial charge in [0.15, 0.2) is 0 Å². The number of hydrogen-bond acceptors (Lipinski definition) is 6. The van der Waals surface area contributed by atoms with E-state index in [9.17, 15) is 9.59 Å². The number of aryl methyl sites for hydroxylation is 1. The summed E-state index contributed by atoms with van der Waals surface area (Å²) < 4.78 is 12.2. The van der Waals surface area contributed by atoms with Crippen molar-refractivity contribution in [2.24, 2.45) is 5.10 Å². The smallest absolute Gasteiger partial charge is 0.355 e. The first kappa shape index (κ1) is 26.2. The zero-order chi connectivity index (χ0) is 27.2. The number of esters is 1.